The summed E-state index contributed by atoms with van der Waals surface area (Å²) in [5.74, 6) is 0.497. The minimum atomic E-state index is -0.645. The number of ether oxygens (including phenoxy) is 4. The van der Waals surface area contributed by atoms with Crippen LogP contribution < -0.4 is 4.74 Å². The molecule has 1 aliphatic heterocycles. The van der Waals surface area contributed by atoms with Crippen LogP contribution in [0.15, 0.2) is 48.5 Å². The molecule has 1 heterocycles. The van der Waals surface area contributed by atoms with Gasteiger partial charge in [-0.2, -0.15) is 0 Å². The predicted molar refractivity (Wildman–Crippen MR) is 140 cm³/mol. The fraction of sp³-hybridized carbons (Fsp3) is 0.567. The van der Waals surface area contributed by atoms with Crippen molar-refractivity contribution in [2.24, 2.45) is 0 Å². The molecule has 192 valence electrons. The second-order valence-electron chi connectivity index (χ2n) is 9.34. The Hall–Kier alpha value is -2.37. The monoisotopic (exact) mass is 482 g/mol. The molecule has 2 atom stereocenters. The second-order valence-corrected chi connectivity index (χ2v) is 9.34. The van der Waals surface area contributed by atoms with Gasteiger partial charge >= 0.3 is 5.97 Å². The van der Waals surface area contributed by atoms with Crippen LogP contribution in [0.25, 0.3) is 11.1 Å². The van der Waals surface area contributed by atoms with Gasteiger partial charge in [0, 0.05) is 0 Å². The average Bonchev–Trinajstić information content (AvgIpc) is 2.90. The van der Waals surface area contributed by atoms with E-state index < -0.39 is 12.3 Å². The number of hydrogen-bond donors (Lipinski definition) is 0. The van der Waals surface area contributed by atoms with E-state index in [1.807, 2.05) is 36.4 Å². The summed E-state index contributed by atoms with van der Waals surface area (Å²) in [6.07, 6.45) is 11.5. The van der Waals surface area contributed by atoms with E-state index in [4.69, 9.17) is 18.9 Å². The normalized spacial score (nSPS) is 17.8. The lowest BCUT2D eigenvalue weighted by molar-refractivity contribution is -0.213. The lowest BCUT2D eigenvalue weighted by Gasteiger charge is -2.29. The summed E-state index contributed by atoms with van der Waals surface area (Å²) in [5, 5.41) is 0. The maximum Gasteiger partial charge on any atom is 0.340 e. The van der Waals surface area contributed by atoms with Gasteiger partial charge in [0.1, 0.15) is 12.4 Å². The fourth-order valence-corrected chi connectivity index (χ4v) is 4.18. The Morgan fingerprint density at radius 2 is 1.40 bits per heavy atom. The molecule has 1 aliphatic rings. The standard InChI is InChI=1S/C30H42O5/c1-3-5-7-9-11-21-32-27-19-17-25(18-20-27)24-13-15-26(16-14-24)30(31)35-29-23-33-28(22-34-29)12-10-8-6-4-2/h13-20,28-29H,3-12,21-23H2,1-2H3/t28-,29+/m0/s1. The van der Waals surface area contributed by atoms with Crippen molar-refractivity contribution in [3.05, 3.63) is 54.1 Å². The molecule has 0 unspecified atom stereocenters. The summed E-state index contributed by atoms with van der Waals surface area (Å²) in [5.41, 5.74) is 2.62. The lowest BCUT2D eigenvalue weighted by Crippen LogP contribution is -2.38. The van der Waals surface area contributed by atoms with Crippen molar-refractivity contribution in [3.63, 3.8) is 0 Å². The first-order valence-corrected chi connectivity index (χ1v) is 13.5. The Bertz CT molecular complexity index is 838. The third-order valence-corrected chi connectivity index (χ3v) is 6.38. The van der Waals surface area contributed by atoms with Crippen molar-refractivity contribution < 1.29 is 23.7 Å². The van der Waals surface area contributed by atoms with Crippen molar-refractivity contribution in [3.8, 4) is 16.9 Å². The molecule has 35 heavy (non-hydrogen) atoms. The van der Waals surface area contributed by atoms with Crippen LogP contribution in [-0.2, 0) is 14.2 Å². The SMILES string of the molecule is CCCCCCCOc1ccc(-c2ccc(C(=O)O[C@@H]3CO[C@@H](CCCCCC)CO3)cc2)cc1. The number of rotatable bonds is 15. The molecular weight excluding hydrogens is 440 g/mol. The number of benzene rings is 2. The van der Waals surface area contributed by atoms with E-state index >= 15 is 0 Å². The van der Waals surface area contributed by atoms with Gasteiger partial charge in [0.15, 0.2) is 0 Å². The number of hydrogen-bond acceptors (Lipinski definition) is 5. The molecule has 3 rings (SSSR count). The van der Waals surface area contributed by atoms with Gasteiger partial charge in [-0.3, -0.25) is 0 Å². The first-order chi connectivity index (χ1) is 17.2. The minimum Gasteiger partial charge on any atom is -0.494 e. The van der Waals surface area contributed by atoms with Crippen LogP contribution in [0, 0.1) is 0 Å². The second kappa shape index (κ2) is 15.6. The number of carbonyl (C=O) groups excluding carboxylic acids is 1. The lowest BCUT2D eigenvalue weighted by atomic mass is 10.0. The molecule has 0 amide bonds. The Kier molecular flexibility index (Phi) is 12.1. The Morgan fingerprint density at radius 1 is 0.771 bits per heavy atom. The van der Waals surface area contributed by atoms with E-state index in [0.717, 1.165) is 42.7 Å². The van der Waals surface area contributed by atoms with Crippen molar-refractivity contribution >= 4 is 5.97 Å². The molecule has 2 aromatic rings. The molecule has 1 fully saturated rings. The summed E-state index contributed by atoms with van der Waals surface area (Å²) in [6, 6.07) is 15.5. The van der Waals surface area contributed by atoms with E-state index in [1.165, 1.54) is 44.9 Å². The first-order valence-electron chi connectivity index (χ1n) is 13.5. The summed E-state index contributed by atoms with van der Waals surface area (Å²) in [6.45, 7) is 5.95. The van der Waals surface area contributed by atoms with Crippen molar-refractivity contribution in [2.75, 3.05) is 19.8 Å². The van der Waals surface area contributed by atoms with Gasteiger partial charge in [-0.25, -0.2) is 4.79 Å². The first kappa shape index (κ1) is 27.2. The van der Waals surface area contributed by atoms with E-state index in [0.29, 0.717) is 12.2 Å². The third kappa shape index (κ3) is 9.65. The molecule has 2 aromatic carbocycles. The highest BCUT2D eigenvalue weighted by Crippen LogP contribution is 2.24. The highest BCUT2D eigenvalue weighted by atomic mass is 16.7. The van der Waals surface area contributed by atoms with Crippen molar-refractivity contribution in [2.45, 2.75) is 90.4 Å². The minimum absolute atomic E-state index is 0.101. The van der Waals surface area contributed by atoms with Gasteiger partial charge in [0.2, 0.25) is 6.29 Å². The molecule has 0 saturated carbocycles. The molecule has 0 N–H and O–H groups in total. The molecule has 0 aromatic heterocycles. The zero-order valence-electron chi connectivity index (χ0n) is 21.5. The van der Waals surface area contributed by atoms with Gasteiger partial charge in [-0.15, -0.1) is 0 Å². The highest BCUT2D eigenvalue weighted by Gasteiger charge is 2.25. The molecule has 1 saturated heterocycles. The van der Waals surface area contributed by atoms with Crippen LogP contribution in [0.5, 0.6) is 5.75 Å². The third-order valence-electron chi connectivity index (χ3n) is 6.38. The zero-order chi connectivity index (χ0) is 24.7. The summed E-state index contributed by atoms with van der Waals surface area (Å²) >= 11 is 0. The Balaban J connectivity index is 1.39. The van der Waals surface area contributed by atoms with Crippen molar-refractivity contribution in [1.82, 2.24) is 0 Å². The molecule has 5 heteroatoms. The van der Waals surface area contributed by atoms with Gasteiger partial charge in [-0.1, -0.05) is 89.5 Å². The molecule has 0 radical (unpaired) electrons. The summed E-state index contributed by atoms with van der Waals surface area (Å²) < 4.78 is 22.9. The van der Waals surface area contributed by atoms with E-state index in [-0.39, 0.29) is 12.7 Å². The maximum absolute atomic E-state index is 12.5. The van der Waals surface area contributed by atoms with Crippen LogP contribution in [-0.4, -0.2) is 38.2 Å². The predicted octanol–water partition coefficient (Wildman–Crippen LogP) is 7.57. The molecule has 0 bridgehead atoms. The summed E-state index contributed by atoms with van der Waals surface area (Å²) in [7, 11) is 0. The number of carbonyl (C=O) groups is 1. The zero-order valence-corrected chi connectivity index (χ0v) is 21.5. The van der Waals surface area contributed by atoms with Crippen LogP contribution in [0.3, 0.4) is 0 Å². The van der Waals surface area contributed by atoms with E-state index in [2.05, 4.69) is 13.8 Å². The van der Waals surface area contributed by atoms with E-state index in [1.54, 1.807) is 12.1 Å². The van der Waals surface area contributed by atoms with Crippen LogP contribution >= 0.6 is 0 Å². The van der Waals surface area contributed by atoms with Gasteiger partial charge in [0.25, 0.3) is 0 Å². The van der Waals surface area contributed by atoms with E-state index in [9.17, 15) is 4.79 Å². The van der Waals surface area contributed by atoms with Crippen LogP contribution in [0.4, 0.5) is 0 Å². The highest BCUT2D eigenvalue weighted by molar-refractivity contribution is 5.90. The Morgan fingerprint density at radius 3 is 2.03 bits per heavy atom. The smallest absolute Gasteiger partial charge is 0.340 e. The van der Waals surface area contributed by atoms with Crippen LogP contribution in [0.2, 0.25) is 0 Å². The van der Waals surface area contributed by atoms with Crippen molar-refractivity contribution in [1.29, 1.82) is 0 Å². The van der Waals surface area contributed by atoms with Gasteiger partial charge in [0.05, 0.1) is 24.9 Å². The number of unbranched alkanes of at least 4 members (excludes halogenated alkanes) is 7. The largest absolute Gasteiger partial charge is 0.494 e. The summed E-state index contributed by atoms with van der Waals surface area (Å²) in [4.78, 5) is 12.5. The van der Waals surface area contributed by atoms with Gasteiger partial charge < -0.3 is 18.9 Å². The maximum atomic E-state index is 12.5. The molecular formula is C30H42O5. The van der Waals surface area contributed by atoms with Gasteiger partial charge in [-0.05, 0) is 48.2 Å². The molecule has 5 nitrogen and oxygen atoms in total. The topological polar surface area (TPSA) is 54.0 Å². The quantitative estimate of drug-likeness (QED) is 0.193. The Labute approximate surface area is 211 Å². The number of esters is 1. The molecule has 0 aliphatic carbocycles. The average molecular weight is 483 g/mol. The molecule has 0 spiro atoms. The van der Waals surface area contributed by atoms with Crippen LogP contribution in [0.1, 0.15) is 88.4 Å². The fourth-order valence-electron chi connectivity index (χ4n) is 4.18.